The molecule has 1 aromatic heterocycles. The van der Waals surface area contributed by atoms with Gasteiger partial charge in [0.05, 0.1) is 12.2 Å². The molecule has 0 amide bonds. The van der Waals surface area contributed by atoms with Crippen LogP contribution in [0.4, 0.5) is 5.82 Å². The highest BCUT2D eigenvalue weighted by Gasteiger charge is 2.41. The summed E-state index contributed by atoms with van der Waals surface area (Å²) in [6.07, 6.45) is 6.82. The van der Waals surface area contributed by atoms with Gasteiger partial charge < -0.3 is 10.1 Å². The summed E-state index contributed by atoms with van der Waals surface area (Å²) in [7, 11) is 0. The third-order valence-corrected chi connectivity index (χ3v) is 3.69. The molecular weight excluding hydrogens is 226 g/mol. The van der Waals surface area contributed by atoms with E-state index < -0.39 is 0 Å². The van der Waals surface area contributed by atoms with Crippen molar-refractivity contribution >= 4 is 5.82 Å². The average molecular weight is 249 g/mol. The van der Waals surface area contributed by atoms with Crippen LogP contribution in [0.15, 0.2) is 6.33 Å². The second-order valence-electron chi connectivity index (χ2n) is 5.19. The quantitative estimate of drug-likeness (QED) is 0.806. The first-order valence-electron chi connectivity index (χ1n) is 6.89. The highest BCUT2D eigenvalue weighted by atomic mass is 16.5. The van der Waals surface area contributed by atoms with E-state index in [9.17, 15) is 0 Å². The zero-order chi connectivity index (χ0) is 13.0. The maximum Gasteiger partial charge on any atom is 0.221 e. The molecule has 0 aromatic carbocycles. The lowest BCUT2D eigenvalue weighted by Crippen LogP contribution is -2.17. The van der Waals surface area contributed by atoms with Crippen LogP contribution in [0.25, 0.3) is 0 Å². The largest absolute Gasteiger partial charge is 0.478 e. The molecule has 2 rings (SSSR count). The Labute approximate surface area is 109 Å². The molecule has 1 aromatic rings. The van der Waals surface area contributed by atoms with E-state index in [1.165, 1.54) is 25.7 Å². The summed E-state index contributed by atoms with van der Waals surface area (Å²) in [5.74, 6) is 1.60. The normalized spacial score (nSPS) is 16.4. The van der Waals surface area contributed by atoms with E-state index in [0.717, 1.165) is 17.9 Å². The van der Waals surface area contributed by atoms with Gasteiger partial charge in [-0.3, -0.25) is 0 Å². The second-order valence-corrected chi connectivity index (χ2v) is 5.19. The molecule has 0 aliphatic heterocycles. The van der Waals surface area contributed by atoms with Crippen LogP contribution in [0.3, 0.4) is 0 Å². The average Bonchev–Trinajstić information content (AvgIpc) is 3.11. The molecule has 1 fully saturated rings. The van der Waals surface area contributed by atoms with Crippen LogP contribution < -0.4 is 10.1 Å². The lowest BCUT2D eigenvalue weighted by molar-refractivity contribution is 0.323. The van der Waals surface area contributed by atoms with Gasteiger partial charge in [-0.05, 0) is 38.5 Å². The topological polar surface area (TPSA) is 47.0 Å². The molecule has 0 unspecified atom stereocenters. The lowest BCUT2D eigenvalue weighted by Gasteiger charge is -2.17. The monoisotopic (exact) mass is 249 g/mol. The van der Waals surface area contributed by atoms with Gasteiger partial charge in [0.2, 0.25) is 5.88 Å². The summed E-state index contributed by atoms with van der Waals surface area (Å²) in [5, 5.41) is 3.47. The van der Waals surface area contributed by atoms with E-state index in [0.29, 0.717) is 17.9 Å². The minimum atomic E-state index is 0.526. The molecule has 1 saturated carbocycles. The summed E-state index contributed by atoms with van der Waals surface area (Å²) in [6.45, 7) is 7.88. The van der Waals surface area contributed by atoms with Crippen LogP contribution in [-0.2, 0) is 0 Å². The molecule has 4 nitrogen and oxygen atoms in total. The highest BCUT2D eigenvalue weighted by Crippen LogP contribution is 2.49. The molecule has 0 bridgehead atoms. The van der Waals surface area contributed by atoms with Crippen LogP contribution in [0.2, 0.25) is 0 Å². The number of ether oxygens (including phenoxy) is 1. The summed E-state index contributed by atoms with van der Waals surface area (Å²) in [6, 6.07) is 0. The maximum absolute atomic E-state index is 5.48. The number of rotatable bonds is 7. The fourth-order valence-corrected chi connectivity index (χ4v) is 2.39. The van der Waals surface area contributed by atoms with Gasteiger partial charge >= 0.3 is 0 Å². The zero-order valence-electron chi connectivity index (χ0n) is 11.6. The Balaban J connectivity index is 1.99. The Morgan fingerprint density at radius 3 is 2.72 bits per heavy atom. The third-order valence-electron chi connectivity index (χ3n) is 3.69. The molecular formula is C14H23N3O. The van der Waals surface area contributed by atoms with E-state index in [4.69, 9.17) is 4.74 Å². The van der Waals surface area contributed by atoms with Crippen molar-refractivity contribution in [1.29, 1.82) is 0 Å². The number of hydrogen-bond donors (Lipinski definition) is 1. The molecule has 0 atom stereocenters. The second kappa shape index (κ2) is 5.55. The van der Waals surface area contributed by atoms with Crippen molar-refractivity contribution in [3.63, 3.8) is 0 Å². The molecule has 0 saturated heterocycles. The Kier molecular flexibility index (Phi) is 4.04. The van der Waals surface area contributed by atoms with Crippen molar-refractivity contribution < 1.29 is 4.74 Å². The van der Waals surface area contributed by atoms with Crippen molar-refractivity contribution in [2.75, 3.05) is 18.5 Å². The summed E-state index contributed by atoms with van der Waals surface area (Å²) >= 11 is 0. The first-order chi connectivity index (χ1) is 8.71. The number of anilines is 1. The van der Waals surface area contributed by atoms with Gasteiger partial charge in [-0.2, -0.15) is 0 Å². The first kappa shape index (κ1) is 13.1. The van der Waals surface area contributed by atoms with Gasteiger partial charge in [0, 0.05) is 6.54 Å². The zero-order valence-corrected chi connectivity index (χ0v) is 11.6. The van der Waals surface area contributed by atoms with Crippen LogP contribution in [-0.4, -0.2) is 23.1 Å². The van der Waals surface area contributed by atoms with Gasteiger partial charge in [0.1, 0.15) is 12.1 Å². The predicted molar refractivity (Wildman–Crippen MR) is 73.0 cm³/mol. The van der Waals surface area contributed by atoms with Gasteiger partial charge in [-0.1, -0.05) is 13.3 Å². The number of nitrogens with one attached hydrogen (secondary N) is 1. The van der Waals surface area contributed by atoms with Crippen molar-refractivity contribution in [2.24, 2.45) is 5.41 Å². The smallest absolute Gasteiger partial charge is 0.221 e. The first-order valence-corrected chi connectivity index (χ1v) is 6.89. The number of nitrogens with zero attached hydrogens (tertiary/aromatic N) is 2. The Bertz CT molecular complexity index is 402. The molecule has 4 heteroatoms. The third kappa shape index (κ3) is 2.92. The summed E-state index contributed by atoms with van der Waals surface area (Å²) in [4.78, 5) is 8.46. The van der Waals surface area contributed by atoms with E-state index in [1.54, 1.807) is 6.33 Å². The number of hydrogen-bond acceptors (Lipinski definition) is 4. The highest BCUT2D eigenvalue weighted by molar-refractivity contribution is 5.47. The molecule has 1 aliphatic carbocycles. The van der Waals surface area contributed by atoms with Crippen molar-refractivity contribution in [3.05, 3.63) is 11.9 Å². The van der Waals surface area contributed by atoms with Gasteiger partial charge in [0.15, 0.2) is 0 Å². The van der Waals surface area contributed by atoms with E-state index >= 15 is 0 Å². The molecule has 18 heavy (non-hydrogen) atoms. The SMILES string of the molecule is CCCC1(CNc2ncnc(OCC)c2C)CC1. The van der Waals surface area contributed by atoms with Crippen LogP contribution in [0, 0.1) is 12.3 Å². The minimum Gasteiger partial charge on any atom is -0.478 e. The molecule has 100 valence electrons. The molecule has 1 heterocycles. The molecule has 0 spiro atoms. The Hall–Kier alpha value is -1.32. The Morgan fingerprint density at radius 1 is 1.33 bits per heavy atom. The van der Waals surface area contributed by atoms with E-state index in [2.05, 4.69) is 22.2 Å². The standard InChI is InChI=1S/C14H23N3O/c1-4-6-14(7-8-14)9-15-12-11(3)13(18-5-2)17-10-16-12/h10H,4-9H2,1-3H3,(H,15,16,17). The van der Waals surface area contributed by atoms with Gasteiger partial charge in [-0.25, -0.2) is 9.97 Å². The van der Waals surface area contributed by atoms with Crippen molar-refractivity contribution in [2.45, 2.75) is 46.5 Å². The lowest BCUT2D eigenvalue weighted by atomic mass is 10.0. The van der Waals surface area contributed by atoms with Gasteiger partial charge in [0.25, 0.3) is 0 Å². The summed E-state index contributed by atoms with van der Waals surface area (Å²) in [5.41, 5.74) is 1.53. The fraction of sp³-hybridized carbons (Fsp3) is 0.714. The number of aromatic nitrogens is 2. The summed E-state index contributed by atoms with van der Waals surface area (Å²) < 4.78 is 5.48. The van der Waals surface area contributed by atoms with E-state index in [1.807, 2.05) is 13.8 Å². The van der Waals surface area contributed by atoms with E-state index in [-0.39, 0.29) is 0 Å². The van der Waals surface area contributed by atoms with Gasteiger partial charge in [-0.15, -0.1) is 0 Å². The minimum absolute atomic E-state index is 0.526. The Morgan fingerprint density at radius 2 is 2.11 bits per heavy atom. The molecule has 1 aliphatic rings. The van der Waals surface area contributed by atoms with Crippen molar-refractivity contribution in [1.82, 2.24) is 9.97 Å². The predicted octanol–water partition coefficient (Wildman–Crippen LogP) is 3.18. The molecule has 1 N–H and O–H groups in total. The fourth-order valence-electron chi connectivity index (χ4n) is 2.39. The molecule has 0 radical (unpaired) electrons. The van der Waals surface area contributed by atoms with Crippen LogP contribution in [0.1, 0.15) is 45.1 Å². The maximum atomic E-state index is 5.48. The van der Waals surface area contributed by atoms with Crippen LogP contribution >= 0.6 is 0 Å². The van der Waals surface area contributed by atoms with Crippen LogP contribution in [0.5, 0.6) is 5.88 Å². The van der Waals surface area contributed by atoms with Crippen molar-refractivity contribution in [3.8, 4) is 5.88 Å².